The van der Waals surface area contributed by atoms with E-state index in [9.17, 15) is 0 Å². The molecule has 6 heteroatoms. The first kappa shape index (κ1) is 14.3. The van der Waals surface area contributed by atoms with E-state index >= 15 is 0 Å². The van der Waals surface area contributed by atoms with Crippen LogP contribution in [-0.2, 0) is 18.1 Å². The monoisotopic (exact) mass is 295 g/mol. The van der Waals surface area contributed by atoms with E-state index in [0.29, 0.717) is 0 Å². The summed E-state index contributed by atoms with van der Waals surface area (Å²) in [5.74, 6) is 2.65. The number of hydrogen-bond donors (Lipinski definition) is 1. The highest BCUT2D eigenvalue weighted by molar-refractivity contribution is 7.97. The second kappa shape index (κ2) is 6.88. The minimum atomic E-state index is 0.101. The standard InChI is InChI=1S/C13H17N3OS2/c1-16(2)13-14-12(15-19-13)9-18-8-11-5-3-10(7-17)4-6-11/h3-6,17H,7-9H2,1-2H3. The van der Waals surface area contributed by atoms with E-state index in [-0.39, 0.29) is 6.61 Å². The number of nitrogens with zero attached hydrogens (tertiary/aromatic N) is 3. The van der Waals surface area contributed by atoms with Crippen LogP contribution in [0.4, 0.5) is 5.13 Å². The van der Waals surface area contributed by atoms with Crippen LogP contribution in [0.15, 0.2) is 24.3 Å². The van der Waals surface area contributed by atoms with Gasteiger partial charge in [0.2, 0.25) is 5.13 Å². The second-order valence-corrected chi connectivity index (χ2v) is 6.07. The molecule has 1 aromatic heterocycles. The van der Waals surface area contributed by atoms with Gasteiger partial charge in [0, 0.05) is 31.4 Å². The number of aromatic nitrogens is 2. The molecule has 1 aromatic carbocycles. The topological polar surface area (TPSA) is 49.2 Å². The van der Waals surface area contributed by atoms with Gasteiger partial charge in [-0.15, -0.1) is 11.8 Å². The van der Waals surface area contributed by atoms with Crippen LogP contribution in [0.25, 0.3) is 0 Å². The number of aliphatic hydroxyl groups excluding tert-OH is 1. The molecular weight excluding hydrogens is 278 g/mol. The van der Waals surface area contributed by atoms with Gasteiger partial charge in [0.25, 0.3) is 0 Å². The smallest absolute Gasteiger partial charge is 0.204 e. The molecule has 0 spiro atoms. The molecule has 0 saturated carbocycles. The van der Waals surface area contributed by atoms with Crippen LogP contribution in [0.2, 0.25) is 0 Å². The number of benzene rings is 1. The predicted octanol–water partition coefficient (Wildman–Crippen LogP) is 2.53. The van der Waals surface area contributed by atoms with E-state index < -0.39 is 0 Å². The Hall–Kier alpha value is -1.11. The number of anilines is 1. The lowest BCUT2D eigenvalue weighted by Crippen LogP contribution is -2.07. The Morgan fingerprint density at radius 2 is 1.84 bits per heavy atom. The number of rotatable bonds is 6. The van der Waals surface area contributed by atoms with Crippen molar-refractivity contribution in [3.63, 3.8) is 0 Å². The summed E-state index contributed by atoms with van der Waals surface area (Å²) in [4.78, 5) is 6.42. The highest BCUT2D eigenvalue weighted by atomic mass is 32.2. The SMILES string of the molecule is CN(C)c1nc(CSCc2ccc(CO)cc2)ns1. The van der Waals surface area contributed by atoms with Crippen molar-refractivity contribution in [1.82, 2.24) is 9.36 Å². The third kappa shape index (κ3) is 4.19. The van der Waals surface area contributed by atoms with Crippen molar-refractivity contribution in [2.24, 2.45) is 0 Å². The van der Waals surface area contributed by atoms with Crippen molar-refractivity contribution < 1.29 is 5.11 Å². The van der Waals surface area contributed by atoms with Crippen molar-refractivity contribution in [2.75, 3.05) is 19.0 Å². The van der Waals surface area contributed by atoms with Gasteiger partial charge in [-0.3, -0.25) is 0 Å². The molecule has 0 unspecified atom stereocenters. The van der Waals surface area contributed by atoms with Crippen LogP contribution < -0.4 is 4.90 Å². The molecular formula is C13H17N3OS2. The molecule has 0 aliphatic heterocycles. The van der Waals surface area contributed by atoms with Gasteiger partial charge in [-0.1, -0.05) is 24.3 Å². The van der Waals surface area contributed by atoms with Crippen LogP contribution in [0, 0.1) is 0 Å². The molecule has 19 heavy (non-hydrogen) atoms. The first-order valence-corrected chi connectivity index (χ1v) is 7.88. The van der Waals surface area contributed by atoms with Gasteiger partial charge in [-0.05, 0) is 11.1 Å². The highest BCUT2D eigenvalue weighted by Gasteiger charge is 2.05. The Bertz CT molecular complexity index is 511. The van der Waals surface area contributed by atoms with E-state index in [1.54, 1.807) is 11.8 Å². The normalized spacial score (nSPS) is 10.7. The highest BCUT2D eigenvalue weighted by Crippen LogP contribution is 2.20. The average molecular weight is 295 g/mol. The zero-order valence-electron chi connectivity index (χ0n) is 11.0. The van der Waals surface area contributed by atoms with Gasteiger partial charge < -0.3 is 10.0 Å². The third-order valence-corrected chi connectivity index (χ3v) is 4.47. The Labute approximate surface area is 121 Å². The van der Waals surface area contributed by atoms with Crippen LogP contribution in [-0.4, -0.2) is 28.6 Å². The largest absolute Gasteiger partial charge is 0.392 e. The van der Waals surface area contributed by atoms with Gasteiger partial charge in [-0.25, -0.2) is 4.98 Å². The fourth-order valence-corrected chi connectivity index (χ4v) is 3.01. The molecule has 102 valence electrons. The van der Waals surface area contributed by atoms with Crippen LogP contribution in [0.3, 0.4) is 0 Å². The maximum atomic E-state index is 8.98. The van der Waals surface area contributed by atoms with Gasteiger partial charge >= 0.3 is 0 Å². The quantitative estimate of drug-likeness (QED) is 0.887. The lowest BCUT2D eigenvalue weighted by Gasteiger charge is -2.04. The zero-order chi connectivity index (χ0) is 13.7. The molecule has 4 nitrogen and oxygen atoms in total. The lowest BCUT2D eigenvalue weighted by atomic mass is 10.2. The maximum Gasteiger partial charge on any atom is 0.204 e. The van der Waals surface area contributed by atoms with E-state index in [1.807, 2.05) is 31.1 Å². The fourth-order valence-electron chi connectivity index (χ4n) is 1.49. The molecule has 0 aliphatic rings. The zero-order valence-corrected chi connectivity index (χ0v) is 12.7. The summed E-state index contributed by atoms with van der Waals surface area (Å²) < 4.78 is 4.33. The molecule has 2 aromatic rings. The van der Waals surface area contributed by atoms with Gasteiger partial charge in [0.15, 0.2) is 5.82 Å². The van der Waals surface area contributed by atoms with E-state index in [4.69, 9.17) is 5.11 Å². The Kier molecular flexibility index (Phi) is 5.18. The summed E-state index contributed by atoms with van der Waals surface area (Å²) in [6.45, 7) is 0.101. The minimum Gasteiger partial charge on any atom is -0.392 e. The molecule has 0 bridgehead atoms. The maximum absolute atomic E-state index is 8.98. The average Bonchev–Trinajstić information content (AvgIpc) is 2.89. The molecule has 1 heterocycles. The fraction of sp³-hybridized carbons (Fsp3) is 0.385. The summed E-state index contributed by atoms with van der Waals surface area (Å²) in [5.41, 5.74) is 2.20. The van der Waals surface area contributed by atoms with E-state index in [1.165, 1.54) is 17.1 Å². The summed E-state index contributed by atoms with van der Waals surface area (Å²) in [7, 11) is 3.94. The molecule has 0 atom stereocenters. The van der Waals surface area contributed by atoms with E-state index in [2.05, 4.69) is 21.5 Å². The summed E-state index contributed by atoms with van der Waals surface area (Å²) in [5, 5.41) is 9.92. The number of aliphatic hydroxyl groups is 1. The summed E-state index contributed by atoms with van der Waals surface area (Å²) >= 11 is 3.23. The number of thioether (sulfide) groups is 1. The van der Waals surface area contributed by atoms with Gasteiger partial charge in [0.05, 0.1) is 12.4 Å². The Morgan fingerprint density at radius 1 is 1.16 bits per heavy atom. The van der Waals surface area contributed by atoms with Crippen molar-refractivity contribution >= 4 is 28.4 Å². The Morgan fingerprint density at radius 3 is 2.42 bits per heavy atom. The van der Waals surface area contributed by atoms with Crippen molar-refractivity contribution in [3.8, 4) is 0 Å². The molecule has 0 saturated heterocycles. The minimum absolute atomic E-state index is 0.101. The second-order valence-electron chi connectivity index (χ2n) is 4.36. The Balaban J connectivity index is 1.81. The van der Waals surface area contributed by atoms with Crippen molar-refractivity contribution in [1.29, 1.82) is 0 Å². The van der Waals surface area contributed by atoms with Crippen LogP contribution in [0.5, 0.6) is 0 Å². The molecule has 0 aliphatic carbocycles. The summed E-state index contributed by atoms with van der Waals surface area (Å²) in [6, 6.07) is 8.03. The number of hydrogen-bond acceptors (Lipinski definition) is 6. The first-order valence-electron chi connectivity index (χ1n) is 5.95. The lowest BCUT2D eigenvalue weighted by molar-refractivity contribution is 0.282. The molecule has 2 rings (SSSR count). The van der Waals surface area contributed by atoms with Gasteiger partial charge in [0.1, 0.15) is 0 Å². The van der Waals surface area contributed by atoms with Crippen LogP contribution in [0.1, 0.15) is 17.0 Å². The molecule has 1 N–H and O–H groups in total. The van der Waals surface area contributed by atoms with Crippen molar-refractivity contribution in [2.45, 2.75) is 18.1 Å². The molecule has 0 radical (unpaired) electrons. The molecule has 0 fully saturated rings. The molecule has 0 amide bonds. The van der Waals surface area contributed by atoms with Gasteiger partial charge in [-0.2, -0.15) is 4.37 Å². The predicted molar refractivity (Wildman–Crippen MR) is 81.6 cm³/mol. The van der Waals surface area contributed by atoms with Crippen LogP contribution >= 0.6 is 23.3 Å². The first-order chi connectivity index (χ1) is 9.19. The van der Waals surface area contributed by atoms with E-state index in [0.717, 1.165) is 28.0 Å². The van der Waals surface area contributed by atoms with Crippen molar-refractivity contribution in [3.05, 3.63) is 41.2 Å². The third-order valence-electron chi connectivity index (χ3n) is 2.55. The summed E-state index contributed by atoms with van der Waals surface area (Å²) in [6.07, 6.45) is 0.